The molecule has 0 spiro atoms. The molecule has 3 fully saturated rings. The molecule has 1 aliphatic heterocycles. The lowest BCUT2D eigenvalue weighted by Gasteiger charge is -2.45. The Morgan fingerprint density at radius 1 is 1.07 bits per heavy atom. The Hall–Kier alpha value is -2.25. The Bertz CT molecular complexity index is 847. The quantitative estimate of drug-likeness (QED) is 0.583. The fraction of sp³-hybridized carbons (Fsp3) is 0.609. The Labute approximate surface area is 176 Å². The summed E-state index contributed by atoms with van der Waals surface area (Å²) < 4.78 is 0. The molecule has 7 nitrogen and oxygen atoms in total. The largest absolute Gasteiger partial charge is 0.391 e. The Balaban J connectivity index is 1.59. The number of carbonyl (C=O) groups is 2. The zero-order chi connectivity index (χ0) is 21.6. The van der Waals surface area contributed by atoms with Crippen molar-refractivity contribution in [1.82, 2.24) is 4.90 Å². The molecule has 30 heavy (non-hydrogen) atoms. The van der Waals surface area contributed by atoms with Crippen LogP contribution >= 0.6 is 0 Å². The van der Waals surface area contributed by atoms with Gasteiger partial charge in [0.1, 0.15) is 6.61 Å². The normalized spacial score (nSPS) is 35.4. The molecule has 7 heteroatoms. The predicted octanol–water partition coefficient (Wildman–Crippen LogP) is 2.11. The van der Waals surface area contributed by atoms with Gasteiger partial charge in [0.25, 0.3) is 0 Å². The summed E-state index contributed by atoms with van der Waals surface area (Å²) in [5.74, 6) is -2.19. The predicted molar refractivity (Wildman–Crippen MR) is 110 cm³/mol. The molecule has 2 amide bonds. The van der Waals surface area contributed by atoms with Crippen LogP contribution in [-0.2, 0) is 21.0 Å². The van der Waals surface area contributed by atoms with Gasteiger partial charge < -0.3 is 15.1 Å². The lowest BCUT2D eigenvalue weighted by atomic mass is 9.60. The average Bonchev–Trinajstić information content (AvgIpc) is 2.96. The van der Waals surface area contributed by atoms with Crippen molar-refractivity contribution in [3.63, 3.8) is 0 Å². The van der Waals surface area contributed by atoms with Crippen LogP contribution in [0.25, 0.3) is 0 Å². The van der Waals surface area contributed by atoms with Crippen molar-refractivity contribution in [3.8, 4) is 0 Å². The van der Waals surface area contributed by atoms with Crippen LogP contribution in [0.1, 0.15) is 45.6 Å². The third-order valence-electron chi connectivity index (χ3n) is 6.71. The number of amides is 2. The Morgan fingerprint density at radius 3 is 2.40 bits per heavy atom. The van der Waals surface area contributed by atoms with Crippen molar-refractivity contribution < 1.29 is 24.6 Å². The zero-order valence-corrected chi connectivity index (χ0v) is 17.7. The van der Waals surface area contributed by atoms with E-state index >= 15 is 0 Å². The first-order valence-corrected chi connectivity index (χ1v) is 10.7. The maximum absolute atomic E-state index is 13.3. The first-order chi connectivity index (χ1) is 14.2. The number of benzene rings is 1. The molecule has 2 aliphatic carbocycles. The zero-order valence-electron chi connectivity index (χ0n) is 17.7. The lowest BCUT2D eigenvalue weighted by Crippen LogP contribution is -2.55. The van der Waals surface area contributed by atoms with Gasteiger partial charge in [0.15, 0.2) is 0 Å². The number of oxime groups is 1. The van der Waals surface area contributed by atoms with Crippen LogP contribution < -0.4 is 0 Å². The molecule has 0 radical (unpaired) electrons. The minimum absolute atomic E-state index is 0.165. The van der Waals surface area contributed by atoms with Crippen LogP contribution in [0.5, 0.6) is 0 Å². The van der Waals surface area contributed by atoms with Crippen LogP contribution in [0.3, 0.4) is 0 Å². The Kier molecular flexibility index (Phi) is 5.45. The fourth-order valence-electron chi connectivity index (χ4n) is 5.40. The number of aliphatic hydroxyl groups excluding tert-OH is 2. The summed E-state index contributed by atoms with van der Waals surface area (Å²) in [6.45, 7) is 5.83. The van der Waals surface area contributed by atoms with E-state index in [9.17, 15) is 19.8 Å². The van der Waals surface area contributed by atoms with E-state index in [-0.39, 0.29) is 24.2 Å². The maximum Gasteiger partial charge on any atom is 0.233 e. The van der Waals surface area contributed by atoms with Crippen LogP contribution in [-0.4, -0.2) is 50.4 Å². The van der Waals surface area contributed by atoms with Crippen molar-refractivity contribution in [2.75, 3.05) is 0 Å². The van der Waals surface area contributed by atoms with Gasteiger partial charge in [0.05, 0.1) is 29.8 Å². The molecule has 0 bridgehead atoms. The van der Waals surface area contributed by atoms with Gasteiger partial charge >= 0.3 is 0 Å². The van der Waals surface area contributed by atoms with Gasteiger partial charge in [-0.3, -0.25) is 14.5 Å². The van der Waals surface area contributed by atoms with Crippen molar-refractivity contribution in [3.05, 3.63) is 35.9 Å². The first-order valence-electron chi connectivity index (χ1n) is 10.7. The second-order valence-electron chi connectivity index (χ2n) is 9.68. The minimum atomic E-state index is -1.06. The molecule has 6 atom stereocenters. The summed E-state index contributed by atoms with van der Waals surface area (Å²) in [7, 11) is 0. The number of hydrogen-bond acceptors (Lipinski definition) is 6. The molecular weight excluding hydrogens is 384 g/mol. The molecular formula is C23H30N2O5. The Morgan fingerprint density at radius 2 is 1.73 bits per heavy atom. The van der Waals surface area contributed by atoms with Gasteiger partial charge in [0, 0.05) is 23.8 Å². The maximum atomic E-state index is 13.3. The van der Waals surface area contributed by atoms with E-state index in [2.05, 4.69) is 5.16 Å². The average molecular weight is 415 g/mol. The number of rotatable bonds is 3. The van der Waals surface area contributed by atoms with Crippen molar-refractivity contribution >= 4 is 17.5 Å². The fourth-order valence-corrected chi connectivity index (χ4v) is 5.40. The number of nitrogens with zero attached hydrogens (tertiary/aromatic N) is 2. The highest BCUT2D eigenvalue weighted by atomic mass is 16.6. The molecule has 2 saturated carbocycles. The number of imide groups is 1. The molecule has 1 heterocycles. The lowest BCUT2D eigenvalue weighted by molar-refractivity contribution is -0.146. The molecule has 1 aromatic carbocycles. The van der Waals surface area contributed by atoms with Gasteiger partial charge in [-0.05, 0) is 39.2 Å². The third-order valence-corrected chi connectivity index (χ3v) is 6.71. The van der Waals surface area contributed by atoms with Crippen molar-refractivity contribution in [1.29, 1.82) is 0 Å². The highest BCUT2D eigenvalue weighted by Crippen LogP contribution is 2.50. The second kappa shape index (κ2) is 7.78. The van der Waals surface area contributed by atoms with E-state index in [1.807, 2.05) is 51.1 Å². The molecule has 1 saturated heterocycles. The van der Waals surface area contributed by atoms with Crippen LogP contribution in [0.4, 0.5) is 0 Å². The molecule has 3 aliphatic rings. The van der Waals surface area contributed by atoms with Gasteiger partial charge in [0.2, 0.25) is 11.8 Å². The number of aliphatic hydroxyl groups is 2. The van der Waals surface area contributed by atoms with Gasteiger partial charge in [-0.1, -0.05) is 35.5 Å². The smallest absolute Gasteiger partial charge is 0.233 e. The van der Waals surface area contributed by atoms with Gasteiger partial charge in [-0.2, -0.15) is 0 Å². The summed E-state index contributed by atoms with van der Waals surface area (Å²) in [5, 5.41) is 25.6. The molecule has 0 aromatic heterocycles. The molecule has 162 valence electrons. The first kappa shape index (κ1) is 21.0. The SMILES string of the molecule is CC(C)(C)N1C(=O)[C@H]2[C@H]3[C@H](O)[C@H](O)C/C(=N/OCc4ccccc4)[C@H]3CC[C@@H]2C1=O. The standard InChI is InChI=1S/C23H30N2O5/c1-23(2,3)25-21(28)15-10-9-14-16(24-30-12-13-7-5-4-6-8-13)11-17(26)20(27)18(14)19(15)22(25)29/h4-8,14-15,17-20,26-27H,9-12H2,1-3H3/b24-16-/t14-,15+,17-,18+,19-,20-/m1/s1. The van der Waals surface area contributed by atoms with E-state index in [4.69, 9.17) is 4.84 Å². The van der Waals surface area contributed by atoms with E-state index in [0.29, 0.717) is 25.2 Å². The summed E-state index contributed by atoms with van der Waals surface area (Å²) >= 11 is 0. The molecule has 4 rings (SSSR count). The number of carbonyl (C=O) groups excluding carboxylic acids is 2. The molecule has 2 N–H and O–H groups in total. The summed E-state index contributed by atoms with van der Waals surface area (Å²) in [5.41, 5.74) is 1.03. The van der Waals surface area contributed by atoms with E-state index in [1.165, 1.54) is 4.90 Å². The van der Waals surface area contributed by atoms with E-state index in [1.54, 1.807) is 0 Å². The summed E-state index contributed by atoms with van der Waals surface area (Å²) in [6, 6.07) is 9.66. The van der Waals surface area contributed by atoms with E-state index < -0.39 is 35.5 Å². The third kappa shape index (κ3) is 3.54. The topological polar surface area (TPSA) is 99.4 Å². The van der Waals surface area contributed by atoms with Crippen LogP contribution in [0, 0.1) is 23.7 Å². The molecule has 1 aromatic rings. The summed E-state index contributed by atoms with van der Waals surface area (Å²) in [4.78, 5) is 33.1. The molecule has 0 unspecified atom stereocenters. The summed E-state index contributed by atoms with van der Waals surface area (Å²) in [6.07, 6.45) is -0.674. The number of fused-ring (bicyclic) bond motifs is 3. The van der Waals surface area contributed by atoms with Crippen molar-refractivity contribution in [2.24, 2.45) is 28.8 Å². The highest BCUT2D eigenvalue weighted by molar-refractivity contribution is 6.06. The van der Waals surface area contributed by atoms with Gasteiger partial charge in [-0.25, -0.2) is 0 Å². The van der Waals surface area contributed by atoms with Crippen LogP contribution in [0.15, 0.2) is 35.5 Å². The monoisotopic (exact) mass is 414 g/mol. The number of hydrogen-bond donors (Lipinski definition) is 2. The van der Waals surface area contributed by atoms with Crippen molar-refractivity contribution in [2.45, 2.75) is 64.4 Å². The second-order valence-corrected chi connectivity index (χ2v) is 9.68. The highest BCUT2D eigenvalue weighted by Gasteiger charge is 2.61. The number of likely N-dealkylation sites (tertiary alicyclic amines) is 1. The van der Waals surface area contributed by atoms with E-state index in [0.717, 1.165) is 5.56 Å². The minimum Gasteiger partial charge on any atom is -0.391 e. The van der Waals surface area contributed by atoms with Crippen LogP contribution in [0.2, 0.25) is 0 Å². The van der Waals surface area contributed by atoms with Gasteiger partial charge in [-0.15, -0.1) is 0 Å².